The van der Waals surface area contributed by atoms with Gasteiger partial charge in [-0.05, 0) is 29.8 Å². The standard InChI is InChI=1S/C14H12ClN3O/c1-2-4-13(19)17-11-6-3-5-10(9-11)12-7-8-16-14(15)18-12/h2-3,5-9H,1,4H2,(H,17,19). The van der Waals surface area contributed by atoms with Crippen LogP contribution in [-0.2, 0) is 4.79 Å². The van der Waals surface area contributed by atoms with Gasteiger partial charge in [0.05, 0.1) is 5.69 Å². The fraction of sp³-hybridized carbons (Fsp3) is 0.0714. The molecule has 0 bridgehead atoms. The highest BCUT2D eigenvalue weighted by Crippen LogP contribution is 2.21. The Bertz CT molecular complexity index is 613. The smallest absolute Gasteiger partial charge is 0.228 e. The summed E-state index contributed by atoms with van der Waals surface area (Å²) >= 11 is 5.76. The van der Waals surface area contributed by atoms with E-state index in [0.29, 0.717) is 11.4 Å². The second-order valence-corrected chi connectivity index (χ2v) is 4.17. The normalized spacial score (nSPS) is 9.95. The molecule has 19 heavy (non-hydrogen) atoms. The van der Waals surface area contributed by atoms with Gasteiger partial charge in [0.1, 0.15) is 0 Å². The second kappa shape index (κ2) is 6.11. The van der Waals surface area contributed by atoms with Crippen LogP contribution >= 0.6 is 11.6 Å². The molecule has 0 unspecified atom stereocenters. The third-order valence-corrected chi connectivity index (χ3v) is 2.58. The lowest BCUT2D eigenvalue weighted by atomic mass is 10.1. The van der Waals surface area contributed by atoms with E-state index in [9.17, 15) is 4.79 Å². The third kappa shape index (κ3) is 3.63. The molecule has 0 aliphatic rings. The SMILES string of the molecule is C=CCC(=O)Nc1cccc(-c2ccnc(Cl)n2)c1. The van der Waals surface area contributed by atoms with Gasteiger partial charge in [-0.15, -0.1) is 6.58 Å². The summed E-state index contributed by atoms with van der Waals surface area (Å²) in [6, 6.07) is 9.14. The van der Waals surface area contributed by atoms with Crippen molar-refractivity contribution < 1.29 is 4.79 Å². The van der Waals surface area contributed by atoms with Crippen LogP contribution in [0.15, 0.2) is 49.2 Å². The van der Waals surface area contributed by atoms with E-state index < -0.39 is 0 Å². The van der Waals surface area contributed by atoms with Crippen LogP contribution in [0, 0.1) is 0 Å². The monoisotopic (exact) mass is 273 g/mol. The van der Waals surface area contributed by atoms with Crippen molar-refractivity contribution in [2.24, 2.45) is 0 Å². The minimum Gasteiger partial charge on any atom is -0.326 e. The van der Waals surface area contributed by atoms with E-state index in [1.165, 1.54) is 0 Å². The molecule has 4 nitrogen and oxygen atoms in total. The number of carbonyl (C=O) groups excluding carboxylic acids is 1. The van der Waals surface area contributed by atoms with E-state index in [-0.39, 0.29) is 17.6 Å². The molecule has 0 saturated carbocycles. The molecule has 0 fully saturated rings. The van der Waals surface area contributed by atoms with E-state index in [1.54, 1.807) is 18.3 Å². The van der Waals surface area contributed by atoms with Gasteiger partial charge >= 0.3 is 0 Å². The summed E-state index contributed by atoms with van der Waals surface area (Å²) in [5.41, 5.74) is 2.28. The molecule has 0 aliphatic carbocycles. The molecule has 1 N–H and O–H groups in total. The number of halogens is 1. The quantitative estimate of drug-likeness (QED) is 0.687. The molecule has 5 heteroatoms. The molecule has 96 valence electrons. The Morgan fingerprint density at radius 2 is 2.26 bits per heavy atom. The van der Waals surface area contributed by atoms with Crippen LogP contribution in [0.3, 0.4) is 0 Å². The first-order chi connectivity index (χ1) is 9.19. The molecule has 1 heterocycles. The van der Waals surface area contributed by atoms with Crippen LogP contribution in [0.1, 0.15) is 6.42 Å². The van der Waals surface area contributed by atoms with E-state index >= 15 is 0 Å². The number of aromatic nitrogens is 2. The van der Waals surface area contributed by atoms with Crippen LogP contribution in [-0.4, -0.2) is 15.9 Å². The van der Waals surface area contributed by atoms with E-state index in [1.807, 2.05) is 24.3 Å². The van der Waals surface area contributed by atoms with Gasteiger partial charge in [0.2, 0.25) is 11.2 Å². The molecule has 0 radical (unpaired) electrons. The topological polar surface area (TPSA) is 54.9 Å². The van der Waals surface area contributed by atoms with Crippen LogP contribution in [0.25, 0.3) is 11.3 Å². The van der Waals surface area contributed by atoms with E-state index in [0.717, 1.165) is 5.56 Å². The second-order valence-electron chi connectivity index (χ2n) is 3.83. The van der Waals surface area contributed by atoms with Crippen molar-refractivity contribution in [2.75, 3.05) is 5.32 Å². The van der Waals surface area contributed by atoms with Gasteiger partial charge in [-0.25, -0.2) is 9.97 Å². The van der Waals surface area contributed by atoms with Gasteiger partial charge in [0.15, 0.2) is 0 Å². The van der Waals surface area contributed by atoms with Crippen molar-refractivity contribution in [3.05, 3.63) is 54.5 Å². The first kappa shape index (κ1) is 13.2. The van der Waals surface area contributed by atoms with Crippen molar-refractivity contribution in [3.63, 3.8) is 0 Å². The van der Waals surface area contributed by atoms with Crippen LogP contribution in [0.4, 0.5) is 5.69 Å². The number of hydrogen-bond acceptors (Lipinski definition) is 3. The molecule has 0 spiro atoms. The molecule has 0 saturated heterocycles. The lowest BCUT2D eigenvalue weighted by Gasteiger charge is -2.06. The Kier molecular flexibility index (Phi) is 4.26. The molecule has 1 amide bonds. The Morgan fingerprint density at radius 3 is 3.00 bits per heavy atom. The Hall–Kier alpha value is -2.20. The predicted molar refractivity (Wildman–Crippen MR) is 75.9 cm³/mol. The number of benzene rings is 1. The Labute approximate surface area is 116 Å². The zero-order valence-electron chi connectivity index (χ0n) is 10.1. The zero-order chi connectivity index (χ0) is 13.7. The summed E-state index contributed by atoms with van der Waals surface area (Å²) in [5, 5.41) is 2.97. The van der Waals surface area contributed by atoms with Crippen molar-refractivity contribution in [3.8, 4) is 11.3 Å². The van der Waals surface area contributed by atoms with E-state index in [4.69, 9.17) is 11.6 Å². The van der Waals surface area contributed by atoms with Crippen molar-refractivity contribution in [1.29, 1.82) is 0 Å². The molecule has 2 aromatic rings. The number of nitrogens with zero attached hydrogens (tertiary/aromatic N) is 2. The molecular formula is C14H12ClN3O. The zero-order valence-corrected chi connectivity index (χ0v) is 10.9. The largest absolute Gasteiger partial charge is 0.326 e. The third-order valence-electron chi connectivity index (χ3n) is 2.40. The van der Waals surface area contributed by atoms with Gasteiger partial charge in [0, 0.05) is 23.9 Å². The maximum atomic E-state index is 11.5. The lowest BCUT2D eigenvalue weighted by Crippen LogP contribution is -2.09. The molecule has 1 aromatic carbocycles. The average Bonchev–Trinajstić information content (AvgIpc) is 2.39. The number of rotatable bonds is 4. The Morgan fingerprint density at radius 1 is 1.42 bits per heavy atom. The van der Waals surface area contributed by atoms with Crippen LogP contribution in [0.2, 0.25) is 5.28 Å². The maximum Gasteiger partial charge on any atom is 0.228 e. The molecule has 0 atom stereocenters. The summed E-state index contributed by atoms with van der Waals surface area (Å²) in [4.78, 5) is 19.4. The van der Waals surface area contributed by atoms with Crippen molar-refractivity contribution in [1.82, 2.24) is 9.97 Å². The van der Waals surface area contributed by atoms with Crippen LogP contribution in [0.5, 0.6) is 0 Å². The summed E-state index contributed by atoms with van der Waals surface area (Å²) in [5.74, 6) is -0.104. The number of nitrogens with one attached hydrogen (secondary N) is 1. The highest BCUT2D eigenvalue weighted by molar-refractivity contribution is 6.28. The minimum atomic E-state index is -0.104. The highest BCUT2D eigenvalue weighted by Gasteiger charge is 2.04. The number of anilines is 1. The van der Waals surface area contributed by atoms with Gasteiger partial charge in [0.25, 0.3) is 0 Å². The lowest BCUT2D eigenvalue weighted by molar-refractivity contribution is -0.115. The Balaban J connectivity index is 2.24. The first-order valence-corrected chi connectivity index (χ1v) is 6.06. The van der Waals surface area contributed by atoms with Crippen molar-refractivity contribution in [2.45, 2.75) is 6.42 Å². The summed E-state index contributed by atoms with van der Waals surface area (Å²) in [7, 11) is 0. The van der Waals surface area contributed by atoms with E-state index in [2.05, 4.69) is 21.9 Å². The fourth-order valence-corrected chi connectivity index (χ4v) is 1.74. The molecule has 1 aromatic heterocycles. The molecule has 0 aliphatic heterocycles. The number of amides is 1. The molecular weight excluding hydrogens is 262 g/mol. The molecule has 2 rings (SSSR count). The number of carbonyl (C=O) groups is 1. The van der Waals surface area contributed by atoms with Gasteiger partial charge in [-0.2, -0.15) is 0 Å². The average molecular weight is 274 g/mol. The maximum absolute atomic E-state index is 11.5. The summed E-state index contributed by atoms with van der Waals surface area (Å²) in [6.45, 7) is 3.52. The van der Waals surface area contributed by atoms with Gasteiger partial charge < -0.3 is 5.32 Å². The van der Waals surface area contributed by atoms with Gasteiger partial charge in [-0.1, -0.05) is 18.2 Å². The van der Waals surface area contributed by atoms with Crippen LogP contribution < -0.4 is 5.32 Å². The first-order valence-electron chi connectivity index (χ1n) is 5.69. The summed E-state index contributed by atoms with van der Waals surface area (Å²) in [6.07, 6.45) is 3.43. The van der Waals surface area contributed by atoms with Gasteiger partial charge in [-0.3, -0.25) is 4.79 Å². The van der Waals surface area contributed by atoms with Crippen molar-refractivity contribution >= 4 is 23.2 Å². The summed E-state index contributed by atoms with van der Waals surface area (Å²) < 4.78 is 0. The highest BCUT2D eigenvalue weighted by atomic mass is 35.5. The predicted octanol–water partition coefficient (Wildman–Crippen LogP) is 3.31. The number of hydrogen-bond donors (Lipinski definition) is 1. The minimum absolute atomic E-state index is 0.104. The fourth-order valence-electron chi connectivity index (χ4n) is 1.60.